The van der Waals surface area contributed by atoms with Crippen molar-refractivity contribution in [1.82, 2.24) is 19.7 Å². The predicted octanol–water partition coefficient (Wildman–Crippen LogP) is 5.41. The second-order valence-electron chi connectivity index (χ2n) is 7.61. The molecule has 4 aromatic rings. The van der Waals surface area contributed by atoms with Crippen LogP contribution in [0.25, 0.3) is 22.3 Å². The Labute approximate surface area is 193 Å². The van der Waals surface area contributed by atoms with Crippen molar-refractivity contribution in [3.63, 3.8) is 0 Å². The summed E-state index contributed by atoms with van der Waals surface area (Å²) in [6.45, 7) is 0. The van der Waals surface area contributed by atoms with Gasteiger partial charge in [0.05, 0.1) is 10.6 Å². The van der Waals surface area contributed by atoms with Gasteiger partial charge in [0.25, 0.3) is 0 Å². The SMILES string of the molecule is N#Cc1ccc(NC(=O)CCSc2nnc(-c3c[nH]c4ccccc34)n2C2CC2)cc1Cl. The third kappa shape index (κ3) is 4.09. The van der Waals surface area contributed by atoms with Crippen molar-refractivity contribution in [2.24, 2.45) is 0 Å². The number of nitriles is 1. The minimum atomic E-state index is -0.118. The Balaban J connectivity index is 1.27. The van der Waals surface area contributed by atoms with E-state index in [9.17, 15) is 4.79 Å². The highest BCUT2D eigenvalue weighted by molar-refractivity contribution is 7.99. The highest BCUT2D eigenvalue weighted by Crippen LogP contribution is 2.42. The highest BCUT2D eigenvalue weighted by Gasteiger charge is 2.30. The summed E-state index contributed by atoms with van der Waals surface area (Å²) in [6.07, 6.45) is 4.53. The van der Waals surface area contributed by atoms with Gasteiger partial charge in [-0.3, -0.25) is 9.36 Å². The number of anilines is 1. The number of hydrogen-bond acceptors (Lipinski definition) is 5. The van der Waals surface area contributed by atoms with Crippen molar-refractivity contribution in [3.8, 4) is 17.5 Å². The number of amides is 1. The number of benzene rings is 2. The maximum atomic E-state index is 12.4. The van der Waals surface area contributed by atoms with Crippen LogP contribution in [0.3, 0.4) is 0 Å². The molecule has 0 spiro atoms. The molecular weight excluding hydrogens is 444 g/mol. The van der Waals surface area contributed by atoms with Gasteiger partial charge in [0, 0.05) is 46.6 Å². The average Bonchev–Trinajstić information content (AvgIpc) is 3.40. The van der Waals surface area contributed by atoms with E-state index in [0.29, 0.717) is 34.5 Å². The molecule has 1 amide bonds. The third-order valence-corrected chi connectivity index (χ3v) is 6.60. The largest absolute Gasteiger partial charge is 0.360 e. The fourth-order valence-electron chi connectivity index (χ4n) is 3.62. The smallest absolute Gasteiger partial charge is 0.225 e. The van der Waals surface area contributed by atoms with Gasteiger partial charge in [0.2, 0.25) is 5.91 Å². The van der Waals surface area contributed by atoms with Gasteiger partial charge in [-0.1, -0.05) is 41.6 Å². The lowest BCUT2D eigenvalue weighted by Crippen LogP contribution is -2.12. The zero-order valence-corrected chi connectivity index (χ0v) is 18.6. The number of aromatic amines is 1. The number of nitrogens with one attached hydrogen (secondary N) is 2. The molecule has 5 rings (SSSR count). The van der Waals surface area contributed by atoms with Gasteiger partial charge >= 0.3 is 0 Å². The molecule has 0 unspecified atom stereocenters. The van der Waals surface area contributed by atoms with Gasteiger partial charge in [0.15, 0.2) is 11.0 Å². The number of thioether (sulfide) groups is 1. The van der Waals surface area contributed by atoms with E-state index in [1.54, 1.807) is 18.2 Å². The molecule has 1 fully saturated rings. The molecule has 1 saturated carbocycles. The first kappa shape index (κ1) is 20.6. The first-order valence-corrected chi connectivity index (χ1v) is 11.6. The van der Waals surface area contributed by atoms with Gasteiger partial charge in [-0.2, -0.15) is 5.26 Å². The molecular formula is C23H19ClN6OS. The lowest BCUT2D eigenvalue weighted by molar-refractivity contribution is -0.115. The summed E-state index contributed by atoms with van der Waals surface area (Å²) in [4.78, 5) is 15.7. The van der Waals surface area contributed by atoms with Gasteiger partial charge in [-0.25, -0.2) is 0 Å². The molecule has 160 valence electrons. The minimum Gasteiger partial charge on any atom is -0.360 e. The molecule has 9 heteroatoms. The van der Waals surface area contributed by atoms with Gasteiger partial charge in [-0.05, 0) is 37.1 Å². The Morgan fingerprint density at radius 3 is 2.91 bits per heavy atom. The lowest BCUT2D eigenvalue weighted by Gasteiger charge is -2.09. The van der Waals surface area contributed by atoms with Crippen molar-refractivity contribution >= 4 is 45.9 Å². The molecule has 2 heterocycles. The monoisotopic (exact) mass is 462 g/mol. The fraction of sp³-hybridized carbons (Fsp3) is 0.217. The highest BCUT2D eigenvalue weighted by atomic mass is 35.5. The van der Waals surface area contributed by atoms with E-state index >= 15 is 0 Å². The minimum absolute atomic E-state index is 0.118. The van der Waals surface area contributed by atoms with Crippen LogP contribution in [0.1, 0.15) is 30.9 Å². The van der Waals surface area contributed by atoms with Crippen molar-refractivity contribution in [2.75, 3.05) is 11.1 Å². The first-order valence-electron chi connectivity index (χ1n) is 10.3. The Morgan fingerprint density at radius 1 is 1.28 bits per heavy atom. The van der Waals surface area contributed by atoms with Gasteiger partial charge in [-0.15, -0.1) is 10.2 Å². The molecule has 2 N–H and O–H groups in total. The summed E-state index contributed by atoms with van der Waals surface area (Å²) >= 11 is 7.57. The summed E-state index contributed by atoms with van der Waals surface area (Å²) in [7, 11) is 0. The third-order valence-electron chi connectivity index (χ3n) is 5.34. The second-order valence-corrected chi connectivity index (χ2v) is 9.08. The number of rotatable bonds is 7. The maximum absolute atomic E-state index is 12.4. The molecule has 2 aromatic carbocycles. The summed E-state index contributed by atoms with van der Waals surface area (Å²) in [5.41, 5.74) is 3.07. The second kappa shape index (κ2) is 8.69. The maximum Gasteiger partial charge on any atom is 0.225 e. The molecule has 0 aliphatic heterocycles. The number of hydrogen-bond donors (Lipinski definition) is 2. The number of halogens is 1. The zero-order valence-electron chi connectivity index (χ0n) is 17.0. The van der Waals surface area contributed by atoms with Crippen LogP contribution in [0.5, 0.6) is 0 Å². The Kier molecular flexibility index (Phi) is 5.60. The number of para-hydroxylation sites is 1. The van der Waals surface area contributed by atoms with Crippen molar-refractivity contribution in [1.29, 1.82) is 5.26 Å². The number of aromatic nitrogens is 4. The predicted molar refractivity (Wildman–Crippen MR) is 126 cm³/mol. The number of fused-ring (bicyclic) bond motifs is 1. The Morgan fingerprint density at radius 2 is 2.12 bits per heavy atom. The molecule has 0 saturated heterocycles. The van der Waals surface area contributed by atoms with E-state index in [0.717, 1.165) is 40.3 Å². The summed E-state index contributed by atoms with van der Waals surface area (Å²) in [5, 5.41) is 23.0. The standard InChI is InChI=1S/C23H19ClN6OS/c24-19-11-15(6-5-14(19)12-25)27-21(31)9-10-32-23-29-28-22(30(23)16-7-8-16)18-13-26-20-4-2-1-3-17(18)20/h1-6,11,13,16,26H,7-10H2,(H,27,31). The molecule has 0 atom stereocenters. The topological polar surface area (TPSA) is 99.4 Å². The lowest BCUT2D eigenvalue weighted by atomic mass is 10.1. The summed E-state index contributed by atoms with van der Waals surface area (Å²) in [6, 6.07) is 15.4. The van der Waals surface area contributed by atoms with Crippen LogP contribution in [0.15, 0.2) is 53.8 Å². The van der Waals surface area contributed by atoms with Crippen LogP contribution >= 0.6 is 23.4 Å². The van der Waals surface area contributed by atoms with E-state index in [1.165, 1.54) is 11.8 Å². The molecule has 0 radical (unpaired) electrons. The van der Waals surface area contributed by atoms with Crippen LogP contribution in [-0.2, 0) is 4.79 Å². The van der Waals surface area contributed by atoms with E-state index in [-0.39, 0.29) is 5.91 Å². The van der Waals surface area contributed by atoms with Crippen LogP contribution in [0, 0.1) is 11.3 Å². The van der Waals surface area contributed by atoms with Gasteiger partial charge in [0.1, 0.15) is 6.07 Å². The van der Waals surface area contributed by atoms with Crippen LogP contribution < -0.4 is 5.32 Å². The van der Waals surface area contributed by atoms with Crippen LogP contribution in [-0.4, -0.2) is 31.4 Å². The Hall–Kier alpha value is -3.28. The Bertz CT molecular complexity index is 1350. The zero-order chi connectivity index (χ0) is 22.1. The van der Waals surface area contributed by atoms with Crippen molar-refractivity contribution in [3.05, 3.63) is 59.2 Å². The number of carbonyl (C=O) groups excluding carboxylic acids is 1. The van der Waals surface area contributed by atoms with Crippen molar-refractivity contribution in [2.45, 2.75) is 30.5 Å². The molecule has 32 heavy (non-hydrogen) atoms. The molecule has 7 nitrogen and oxygen atoms in total. The number of nitrogens with zero attached hydrogens (tertiary/aromatic N) is 4. The summed E-state index contributed by atoms with van der Waals surface area (Å²) < 4.78 is 2.21. The van der Waals surface area contributed by atoms with E-state index in [4.69, 9.17) is 16.9 Å². The van der Waals surface area contributed by atoms with E-state index in [2.05, 4.69) is 31.1 Å². The van der Waals surface area contributed by atoms with E-state index < -0.39 is 0 Å². The fourth-order valence-corrected chi connectivity index (χ4v) is 4.79. The quantitative estimate of drug-likeness (QED) is 0.358. The normalized spacial score (nSPS) is 13.2. The van der Waals surface area contributed by atoms with Crippen LogP contribution in [0.2, 0.25) is 5.02 Å². The molecule has 1 aliphatic rings. The summed E-state index contributed by atoms with van der Waals surface area (Å²) in [5.74, 6) is 1.32. The molecule has 1 aliphatic carbocycles. The number of H-pyrrole nitrogens is 1. The molecule has 2 aromatic heterocycles. The van der Waals surface area contributed by atoms with Gasteiger partial charge < -0.3 is 10.3 Å². The number of carbonyl (C=O) groups is 1. The van der Waals surface area contributed by atoms with E-state index in [1.807, 2.05) is 30.5 Å². The van der Waals surface area contributed by atoms with Crippen molar-refractivity contribution < 1.29 is 4.79 Å². The first-order chi connectivity index (χ1) is 15.6. The average molecular weight is 463 g/mol. The van der Waals surface area contributed by atoms with Crippen LogP contribution in [0.4, 0.5) is 5.69 Å². The molecule has 0 bridgehead atoms.